The van der Waals surface area contributed by atoms with Crippen molar-refractivity contribution in [2.75, 3.05) is 0 Å². The van der Waals surface area contributed by atoms with Crippen LogP contribution in [0.15, 0.2) is 6.33 Å². The van der Waals surface area contributed by atoms with Gasteiger partial charge in [0.2, 0.25) is 10.0 Å². The number of aromatic amines is 1. The standard InChI is InChI=1S/C6H10N4O2S/c11-13(12,5-1-2-5)9-3-6-7-4-8-10-6/h4-5,9H,1-3H2,(H,7,8,10). The molecule has 2 N–H and O–H groups in total. The minimum absolute atomic E-state index is 0.185. The van der Waals surface area contributed by atoms with Gasteiger partial charge in [0, 0.05) is 0 Å². The van der Waals surface area contributed by atoms with E-state index in [-0.39, 0.29) is 11.8 Å². The number of nitrogens with one attached hydrogen (secondary N) is 2. The molecule has 0 amide bonds. The summed E-state index contributed by atoms with van der Waals surface area (Å²) in [6.45, 7) is 0.193. The predicted octanol–water partition coefficient (Wildman–Crippen LogP) is -0.614. The predicted molar refractivity (Wildman–Crippen MR) is 45.2 cm³/mol. The van der Waals surface area contributed by atoms with Gasteiger partial charge in [-0.25, -0.2) is 18.1 Å². The van der Waals surface area contributed by atoms with Crippen molar-refractivity contribution in [3.63, 3.8) is 0 Å². The van der Waals surface area contributed by atoms with Gasteiger partial charge in [0.25, 0.3) is 0 Å². The van der Waals surface area contributed by atoms with E-state index in [0.717, 1.165) is 12.8 Å². The van der Waals surface area contributed by atoms with Gasteiger partial charge in [-0.3, -0.25) is 5.10 Å². The van der Waals surface area contributed by atoms with Crippen LogP contribution in [-0.4, -0.2) is 28.8 Å². The number of nitrogens with zero attached hydrogens (tertiary/aromatic N) is 2. The number of hydrogen-bond acceptors (Lipinski definition) is 4. The van der Waals surface area contributed by atoms with Crippen LogP contribution in [0.25, 0.3) is 0 Å². The summed E-state index contributed by atoms with van der Waals surface area (Å²) in [5.74, 6) is 0.532. The zero-order chi connectivity index (χ0) is 9.31. The average molecular weight is 202 g/mol. The molecule has 1 saturated carbocycles. The molecule has 7 heteroatoms. The van der Waals surface area contributed by atoms with Crippen molar-refractivity contribution in [1.29, 1.82) is 0 Å². The van der Waals surface area contributed by atoms with Crippen LogP contribution in [0.5, 0.6) is 0 Å². The smallest absolute Gasteiger partial charge is 0.214 e. The number of rotatable bonds is 4. The first-order chi connectivity index (χ1) is 6.18. The Morgan fingerprint density at radius 2 is 2.38 bits per heavy atom. The Morgan fingerprint density at radius 1 is 1.62 bits per heavy atom. The third kappa shape index (κ3) is 2.04. The Balaban J connectivity index is 1.92. The lowest BCUT2D eigenvalue weighted by atomic mass is 10.6. The van der Waals surface area contributed by atoms with Crippen LogP contribution in [-0.2, 0) is 16.6 Å². The van der Waals surface area contributed by atoms with E-state index in [2.05, 4.69) is 19.9 Å². The van der Waals surface area contributed by atoms with Crippen molar-refractivity contribution >= 4 is 10.0 Å². The summed E-state index contributed by atoms with van der Waals surface area (Å²) in [4.78, 5) is 3.81. The van der Waals surface area contributed by atoms with E-state index in [1.807, 2.05) is 0 Å². The number of H-pyrrole nitrogens is 1. The molecule has 0 bridgehead atoms. The van der Waals surface area contributed by atoms with E-state index in [0.29, 0.717) is 5.82 Å². The largest absolute Gasteiger partial charge is 0.262 e. The molecule has 1 heterocycles. The van der Waals surface area contributed by atoms with Gasteiger partial charge in [-0.15, -0.1) is 0 Å². The molecule has 72 valence electrons. The summed E-state index contributed by atoms with van der Waals surface area (Å²) in [5.41, 5.74) is 0. The summed E-state index contributed by atoms with van der Waals surface area (Å²) in [6.07, 6.45) is 2.89. The van der Waals surface area contributed by atoms with E-state index in [1.165, 1.54) is 6.33 Å². The molecule has 0 aliphatic heterocycles. The van der Waals surface area contributed by atoms with Crippen molar-refractivity contribution in [2.24, 2.45) is 0 Å². The van der Waals surface area contributed by atoms with Crippen molar-refractivity contribution < 1.29 is 8.42 Å². The summed E-state index contributed by atoms with van der Waals surface area (Å²) >= 11 is 0. The van der Waals surface area contributed by atoms with Crippen molar-refractivity contribution in [1.82, 2.24) is 19.9 Å². The van der Waals surface area contributed by atoms with Gasteiger partial charge < -0.3 is 0 Å². The van der Waals surface area contributed by atoms with Crippen LogP contribution in [0.4, 0.5) is 0 Å². The molecule has 1 fully saturated rings. The minimum Gasteiger partial charge on any atom is -0.262 e. The third-order valence-electron chi connectivity index (χ3n) is 1.87. The molecular weight excluding hydrogens is 192 g/mol. The van der Waals surface area contributed by atoms with Gasteiger partial charge in [0.15, 0.2) is 0 Å². The second-order valence-corrected chi connectivity index (χ2v) is 5.04. The molecule has 1 aliphatic rings. The van der Waals surface area contributed by atoms with Gasteiger partial charge in [-0.2, -0.15) is 5.10 Å². The SMILES string of the molecule is O=S(=O)(NCc1ncn[nH]1)C1CC1. The van der Waals surface area contributed by atoms with E-state index < -0.39 is 10.0 Å². The first-order valence-electron chi connectivity index (χ1n) is 4.01. The highest BCUT2D eigenvalue weighted by molar-refractivity contribution is 7.90. The molecule has 0 saturated heterocycles. The normalized spacial score (nSPS) is 17.5. The lowest BCUT2D eigenvalue weighted by Crippen LogP contribution is -2.27. The van der Waals surface area contributed by atoms with Gasteiger partial charge in [-0.05, 0) is 12.8 Å². The van der Waals surface area contributed by atoms with Crippen LogP contribution in [0, 0.1) is 0 Å². The lowest BCUT2D eigenvalue weighted by molar-refractivity contribution is 0.578. The fourth-order valence-electron chi connectivity index (χ4n) is 0.981. The molecular formula is C6H10N4O2S. The monoisotopic (exact) mass is 202 g/mol. The average Bonchev–Trinajstić information content (AvgIpc) is 2.82. The molecule has 0 aromatic carbocycles. The van der Waals surface area contributed by atoms with Crippen LogP contribution >= 0.6 is 0 Å². The summed E-state index contributed by atoms with van der Waals surface area (Å²) < 4.78 is 25.1. The Morgan fingerprint density at radius 3 is 2.92 bits per heavy atom. The van der Waals surface area contributed by atoms with E-state index >= 15 is 0 Å². The van der Waals surface area contributed by atoms with E-state index in [1.54, 1.807) is 0 Å². The molecule has 1 aromatic rings. The van der Waals surface area contributed by atoms with E-state index in [4.69, 9.17) is 0 Å². The maximum absolute atomic E-state index is 11.3. The van der Waals surface area contributed by atoms with Gasteiger partial charge >= 0.3 is 0 Å². The van der Waals surface area contributed by atoms with Crippen LogP contribution in [0.2, 0.25) is 0 Å². The fraction of sp³-hybridized carbons (Fsp3) is 0.667. The highest BCUT2D eigenvalue weighted by Gasteiger charge is 2.35. The molecule has 6 nitrogen and oxygen atoms in total. The number of aromatic nitrogens is 3. The van der Waals surface area contributed by atoms with Gasteiger partial charge in [0.05, 0.1) is 11.8 Å². The molecule has 1 aliphatic carbocycles. The molecule has 0 atom stereocenters. The van der Waals surface area contributed by atoms with Gasteiger partial charge in [0.1, 0.15) is 12.2 Å². The van der Waals surface area contributed by atoms with Crippen molar-refractivity contribution in [3.05, 3.63) is 12.2 Å². The van der Waals surface area contributed by atoms with E-state index in [9.17, 15) is 8.42 Å². The molecule has 0 spiro atoms. The summed E-state index contributed by atoms with van der Waals surface area (Å²) in [6, 6.07) is 0. The maximum atomic E-state index is 11.3. The molecule has 0 radical (unpaired) electrons. The van der Waals surface area contributed by atoms with Crippen LogP contribution in [0.1, 0.15) is 18.7 Å². The lowest BCUT2D eigenvalue weighted by Gasteiger charge is -2.01. The Bertz CT molecular complexity index is 367. The maximum Gasteiger partial charge on any atom is 0.214 e. The number of sulfonamides is 1. The van der Waals surface area contributed by atoms with Crippen molar-refractivity contribution in [3.8, 4) is 0 Å². The van der Waals surface area contributed by atoms with Crippen molar-refractivity contribution in [2.45, 2.75) is 24.6 Å². The van der Waals surface area contributed by atoms with Gasteiger partial charge in [-0.1, -0.05) is 0 Å². The topological polar surface area (TPSA) is 87.7 Å². The Labute approximate surface area is 75.8 Å². The summed E-state index contributed by atoms with van der Waals surface area (Å²) in [7, 11) is -3.10. The molecule has 0 unspecified atom stereocenters. The fourth-order valence-corrected chi connectivity index (χ4v) is 2.31. The molecule has 13 heavy (non-hydrogen) atoms. The first kappa shape index (κ1) is 8.64. The highest BCUT2D eigenvalue weighted by atomic mass is 32.2. The zero-order valence-electron chi connectivity index (χ0n) is 6.90. The molecule has 2 rings (SSSR count). The number of hydrogen-bond donors (Lipinski definition) is 2. The quantitative estimate of drug-likeness (QED) is 0.681. The Kier molecular flexibility index (Phi) is 2.04. The summed E-state index contributed by atoms with van der Waals surface area (Å²) in [5, 5.41) is 6.01. The minimum atomic E-state index is -3.10. The zero-order valence-corrected chi connectivity index (χ0v) is 7.71. The van der Waals surface area contributed by atoms with Crippen LogP contribution in [0.3, 0.4) is 0 Å². The Hall–Kier alpha value is -0.950. The first-order valence-corrected chi connectivity index (χ1v) is 5.56. The third-order valence-corrected chi connectivity index (χ3v) is 3.76. The second kappa shape index (κ2) is 3.08. The van der Waals surface area contributed by atoms with Crippen LogP contribution < -0.4 is 4.72 Å². The second-order valence-electron chi connectivity index (χ2n) is 3.00. The highest BCUT2D eigenvalue weighted by Crippen LogP contribution is 2.27. The molecule has 1 aromatic heterocycles.